The zero-order chi connectivity index (χ0) is 21.5. The Hall–Kier alpha value is -2.83. The minimum atomic E-state index is -4.56. The molecule has 7 heteroatoms. The van der Waals surface area contributed by atoms with Gasteiger partial charge in [0.05, 0.1) is 21.6 Å². The van der Waals surface area contributed by atoms with E-state index in [1.807, 2.05) is 53.1 Å². The van der Waals surface area contributed by atoms with Gasteiger partial charge in [-0.25, -0.2) is 4.98 Å². The smallest absolute Gasteiger partial charge is 0.326 e. The Labute approximate surface area is 176 Å². The number of nitrogens with two attached hydrogens (primary N) is 1. The van der Waals surface area contributed by atoms with E-state index in [4.69, 9.17) is 17.3 Å². The van der Waals surface area contributed by atoms with Crippen LogP contribution < -0.4 is 5.73 Å². The zero-order valence-corrected chi connectivity index (χ0v) is 16.9. The summed E-state index contributed by atoms with van der Waals surface area (Å²) in [4.78, 5) is 4.57. The highest BCUT2D eigenvalue weighted by molar-refractivity contribution is 6.32. The molecule has 30 heavy (non-hydrogen) atoms. The van der Waals surface area contributed by atoms with E-state index in [-0.39, 0.29) is 17.1 Å². The molecule has 0 saturated heterocycles. The maximum atomic E-state index is 13.4. The molecular weight excluding hydrogens is 411 g/mol. The summed E-state index contributed by atoms with van der Waals surface area (Å²) in [5.41, 5.74) is 9.27. The van der Waals surface area contributed by atoms with Gasteiger partial charge < -0.3 is 5.73 Å². The highest BCUT2D eigenvalue weighted by Gasteiger charge is 2.34. The van der Waals surface area contributed by atoms with Crippen molar-refractivity contribution in [2.24, 2.45) is 5.73 Å². The summed E-state index contributed by atoms with van der Waals surface area (Å²) >= 11 is 6.03. The third kappa shape index (κ3) is 3.57. The minimum Gasteiger partial charge on any atom is -0.326 e. The fourth-order valence-electron chi connectivity index (χ4n) is 3.55. The van der Waals surface area contributed by atoms with Gasteiger partial charge in [0.2, 0.25) is 0 Å². The molecule has 0 bridgehead atoms. The van der Waals surface area contributed by atoms with Crippen LogP contribution in [0.4, 0.5) is 13.2 Å². The van der Waals surface area contributed by atoms with E-state index >= 15 is 0 Å². The van der Waals surface area contributed by atoms with E-state index in [1.54, 1.807) is 0 Å². The fraction of sp³-hybridized carbons (Fsp3) is 0.174. The van der Waals surface area contributed by atoms with Gasteiger partial charge in [-0.3, -0.25) is 4.57 Å². The third-order valence-corrected chi connectivity index (χ3v) is 5.44. The Kier molecular flexibility index (Phi) is 5.30. The van der Waals surface area contributed by atoms with Gasteiger partial charge in [-0.05, 0) is 41.8 Å². The standard InChI is InChI=1S/C23H19ClF3N3/c1-2-14-7-9-16(10-8-14)30-21-12-19(24)18(23(25,26)27)11-20(21)29-22(30)17-6-4-3-5-15(17)13-28/h3-12H,2,13,28H2,1H3. The van der Waals surface area contributed by atoms with Crippen molar-refractivity contribution < 1.29 is 13.2 Å². The number of hydrogen-bond donors (Lipinski definition) is 1. The SMILES string of the molecule is CCc1ccc(-n2c(-c3ccccc3CN)nc3cc(C(F)(F)F)c(Cl)cc32)cc1. The molecule has 2 N–H and O–H groups in total. The molecule has 0 aliphatic carbocycles. The maximum absolute atomic E-state index is 13.4. The number of halogens is 4. The predicted molar refractivity (Wildman–Crippen MR) is 114 cm³/mol. The quantitative estimate of drug-likeness (QED) is 0.408. The fourth-order valence-corrected chi connectivity index (χ4v) is 3.82. The summed E-state index contributed by atoms with van der Waals surface area (Å²) in [5, 5.41) is -0.361. The first-order valence-electron chi connectivity index (χ1n) is 9.50. The topological polar surface area (TPSA) is 43.8 Å². The molecule has 3 nitrogen and oxygen atoms in total. The average molecular weight is 430 g/mol. The van der Waals surface area contributed by atoms with Crippen molar-refractivity contribution in [2.75, 3.05) is 0 Å². The van der Waals surface area contributed by atoms with Gasteiger partial charge in [0.1, 0.15) is 5.82 Å². The summed E-state index contributed by atoms with van der Waals surface area (Å²) in [6.07, 6.45) is -3.68. The van der Waals surface area contributed by atoms with E-state index in [1.165, 1.54) is 6.07 Å². The van der Waals surface area contributed by atoms with Gasteiger partial charge in [-0.15, -0.1) is 0 Å². The summed E-state index contributed by atoms with van der Waals surface area (Å²) in [6.45, 7) is 2.34. The summed E-state index contributed by atoms with van der Waals surface area (Å²) < 4.78 is 42.0. The lowest BCUT2D eigenvalue weighted by atomic mass is 10.1. The van der Waals surface area contributed by atoms with Gasteiger partial charge in [0.15, 0.2) is 0 Å². The molecule has 0 saturated carbocycles. The van der Waals surface area contributed by atoms with Crippen LogP contribution in [0.25, 0.3) is 28.1 Å². The van der Waals surface area contributed by atoms with Crippen LogP contribution in [0.1, 0.15) is 23.6 Å². The molecule has 0 unspecified atom stereocenters. The second kappa shape index (κ2) is 7.78. The molecule has 0 aliphatic heterocycles. The highest BCUT2D eigenvalue weighted by atomic mass is 35.5. The van der Waals surface area contributed by atoms with Crippen molar-refractivity contribution in [1.82, 2.24) is 9.55 Å². The molecule has 4 rings (SSSR count). The molecule has 0 spiro atoms. The number of rotatable bonds is 4. The second-order valence-electron chi connectivity index (χ2n) is 6.97. The predicted octanol–water partition coefficient (Wildman–Crippen LogP) is 6.39. The number of nitrogens with zero attached hydrogens (tertiary/aromatic N) is 2. The Morgan fingerprint density at radius 3 is 2.37 bits per heavy atom. The monoisotopic (exact) mass is 429 g/mol. The lowest BCUT2D eigenvalue weighted by molar-refractivity contribution is -0.137. The molecule has 3 aromatic carbocycles. The van der Waals surface area contributed by atoms with Crippen molar-refractivity contribution in [3.8, 4) is 17.1 Å². The van der Waals surface area contributed by atoms with E-state index in [0.717, 1.165) is 34.9 Å². The highest BCUT2D eigenvalue weighted by Crippen LogP contribution is 2.39. The van der Waals surface area contributed by atoms with Gasteiger partial charge in [0, 0.05) is 17.8 Å². The molecule has 0 atom stereocenters. The van der Waals surface area contributed by atoms with E-state index in [9.17, 15) is 13.2 Å². The normalized spacial score (nSPS) is 11.9. The van der Waals surface area contributed by atoms with Crippen LogP contribution in [0, 0.1) is 0 Å². The Balaban J connectivity index is 2.06. The van der Waals surface area contributed by atoms with Gasteiger partial charge in [0.25, 0.3) is 0 Å². The van der Waals surface area contributed by atoms with Crippen LogP contribution in [-0.4, -0.2) is 9.55 Å². The van der Waals surface area contributed by atoms with E-state index < -0.39 is 11.7 Å². The van der Waals surface area contributed by atoms with Crippen LogP contribution in [0.3, 0.4) is 0 Å². The Bertz CT molecular complexity index is 1210. The lowest BCUT2D eigenvalue weighted by Gasteiger charge is -2.13. The summed E-state index contributed by atoms with van der Waals surface area (Å²) in [7, 11) is 0. The van der Waals surface area contributed by atoms with Crippen molar-refractivity contribution in [3.63, 3.8) is 0 Å². The number of benzene rings is 3. The van der Waals surface area contributed by atoms with Crippen molar-refractivity contribution >= 4 is 22.6 Å². The van der Waals surface area contributed by atoms with Gasteiger partial charge >= 0.3 is 6.18 Å². The maximum Gasteiger partial charge on any atom is 0.417 e. The minimum absolute atomic E-state index is 0.216. The van der Waals surface area contributed by atoms with E-state index in [2.05, 4.69) is 11.9 Å². The molecule has 4 aromatic rings. The number of fused-ring (bicyclic) bond motifs is 1. The number of aromatic nitrogens is 2. The van der Waals surface area contributed by atoms with Crippen LogP contribution in [0.15, 0.2) is 60.7 Å². The first-order valence-corrected chi connectivity index (χ1v) is 9.88. The van der Waals surface area contributed by atoms with Crippen LogP contribution in [0.5, 0.6) is 0 Å². The molecule has 1 heterocycles. The van der Waals surface area contributed by atoms with Gasteiger partial charge in [-0.1, -0.05) is 54.9 Å². The average Bonchev–Trinajstić information content (AvgIpc) is 3.10. The molecule has 0 amide bonds. The zero-order valence-electron chi connectivity index (χ0n) is 16.2. The summed E-state index contributed by atoms with van der Waals surface area (Å²) in [5.74, 6) is 0.519. The molecule has 1 aromatic heterocycles. The molecule has 0 aliphatic rings. The lowest BCUT2D eigenvalue weighted by Crippen LogP contribution is -2.06. The van der Waals surface area contributed by atoms with Gasteiger partial charge in [-0.2, -0.15) is 13.2 Å². The first-order chi connectivity index (χ1) is 14.3. The van der Waals surface area contributed by atoms with E-state index in [0.29, 0.717) is 11.3 Å². The Morgan fingerprint density at radius 2 is 1.73 bits per heavy atom. The van der Waals surface area contributed by atoms with Crippen molar-refractivity contribution in [2.45, 2.75) is 26.1 Å². The first kappa shape index (κ1) is 20.4. The van der Waals surface area contributed by atoms with Crippen LogP contribution in [0.2, 0.25) is 5.02 Å². The number of aryl methyl sites for hydroxylation is 1. The molecule has 154 valence electrons. The number of alkyl halides is 3. The molecular formula is C23H19ClF3N3. The molecule has 0 radical (unpaired) electrons. The van der Waals surface area contributed by atoms with Crippen molar-refractivity contribution in [1.29, 1.82) is 0 Å². The number of imidazole rings is 1. The third-order valence-electron chi connectivity index (χ3n) is 5.13. The summed E-state index contributed by atoms with van der Waals surface area (Å²) in [6, 6.07) is 17.6. The molecule has 0 fully saturated rings. The van der Waals surface area contributed by atoms with Crippen LogP contribution >= 0.6 is 11.6 Å². The number of hydrogen-bond acceptors (Lipinski definition) is 2. The van der Waals surface area contributed by atoms with Crippen LogP contribution in [-0.2, 0) is 19.1 Å². The largest absolute Gasteiger partial charge is 0.417 e. The Morgan fingerprint density at radius 1 is 1.03 bits per heavy atom. The second-order valence-corrected chi connectivity index (χ2v) is 7.38. The van der Waals surface area contributed by atoms with Crippen molar-refractivity contribution in [3.05, 3.63) is 82.4 Å².